The number of carbonyl (C=O) groups is 3. The van der Waals surface area contributed by atoms with Gasteiger partial charge in [0.05, 0.1) is 5.56 Å². The number of nitrogens with one attached hydrogen (secondary N) is 2. The van der Waals surface area contributed by atoms with E-state index in [0.717, 1.165) is 9.99 Å². The average molecular weight is 418 g/mol. The predicted molar refractivity (Wildman–Crippen MR) is 90.3 cm³/mol. The number of carbonyl (C=O) groups excluding carboxylic acids is 3. The van der Waals surface area contributed by atoms with Crippen molar-refractivity contribution in [2.24, 2.45) is 0 Å². The van der Waals surface area contributed by atoms with Crippen LogP contribution in [0.4, 0.5) is 0 Å². The zero-order valence-corrected chi connectivity index (χ0v) is 14.7. The summed E-state index contributed by atoms with van der Waals surface area (Å²) in [5.41, 5.74) is 0.383. The molecule has 0 spiro atoms. The van der Waals surface area contributed by atoms with Crippen molar-refractivity contribution in [3.05, 3.63) is 33.4 Å². The van der Waals surface area contributed by atoms with Crippen LogP contribution in [0.1, 0.15) is 30.6 Å². The predicted octanol–water partition coefficient (Wildman–Crippen LogP) is 1.48. The summed E-state index contributed by atoms with van der Waals surface area (Å²) in [6.45, 7) is 3.65. The van der Waals surface area contributed by atoms with Crippen LogP contribution in [0, 0.1) is 3.57 Å². The number of esters is 1. The Morgan fingerprint density at radius 3 is 2.68 bits per heavy atom. The molecule has 2 N–H and O–H groups in total. The highest BCUT2D eigenvalue weighted by Crippen LogP contribution is 2.08. The average Bonchev–Trinajstić information content (AvgIpc) is 2.50. The normalized spacial score (nSPS) is 11.4. The van der Waals surface area contributed by atoms with Gasteiger partial charge in [0.15, 0.2) is 6.61 Å². The first-order valence-corrected chi connectivity index (χ1v) is 8.01. The molecule has 1 rings (SSSR count). The van der Waals surface area contributed by atoms with Crippen molar-refractivity contribution in [2.45, 2.75) is 26.3 Å². The van der Waals surface area contributed by atoms with Crippen LogP contribution in [0.15, 0.2) is 24.3 Å². The highest BCUT2D eigenvalue weighted by atomic mass is 127. The van der Waals surface area contributed by atoms with Crippen molar-refractivity contribution in [1.29, 1.82) is 0 Å². The minimum atomic E-state index is -0.671. The summed E-state index contributed by atoms with van der Waals surface area (Å²) in [5, 5.41) is 5.15. The van der Waals surface area contributed by atoms with Crippen molar-refractivity contribution in [3.63, 3.8) is 0 Å². The van der Waals surface area contributed by atoms with Gasteiger partial charge in [-0.15, -0.1) is 0 Å². The lowest BCUT2D eigenvalue weighted by molar-refractivity contribution is -0.130. The lowest BCUT2D eigenvalue weighted by Gasteiger charge is -2.13. The molecule has 0 radical (unpaired) electrons. The van der Waals surface area contributed by atoms with E-state index in [1.165, 1.54) is 0 Å². The summed E-state index contributed by atoms with van der Waals surface area (Å²) in [7, 11) is 0. The van der Waals surface area contributed by atoms with E-state index in [4.69, 9.17) is 4.74 Å². The van der Waals surface area contributed by atoms with Gasteiger partial charge in [-0.05, 0) is 54.1 Å². The molecule has 2 amide bonds. The molecule has 22 heavy (non-hydrogen) atoms. The monoisotopic (exact) mass is 418 g/mol. The second-order valence-corrected chi connectivity index (χ2v) is 5.91. The number of halogens is 1. The molecule has 0 aliphatic carbocycles. The van der Waals surface area contributed by atoms with E-state index in [1.54, 1.807) is 25.1 Å². The Morgan fingerprint density at radius 2 is 2.05 bits per heavy atom. The second kappa shape index (κ2) is 9.39. The molecular weight excluding hydrogens is 399 g/mol. The minimum absolute atomic E-state index is 0.265. The number of hydrogen-bond donors (Lipinski definition) is 2. The zero-order chi connectivity index (χ0) is 16.5. The van der Waals surface area contributed by atoms with Crippen molar-refractivity contribution < 1.29 is 19.1 Å². The van der Waals surface area contributed by atoms with Crippen LogP contribution in [-0.4, -0.2) is 37.0 Å². The lowest BCUT2D eigenvalue weighted by Crippen LogP contribution is -2.46. The summed E-state index contributed by atoms with van der Waals surface area (Å²) < 4.78 is 5.82. The molecule has 0 fully saturated rings. The van der Waals surface area contributed by atoms with Gasteiger partial charge in [-0.2, -0.15) is 0 Å². The Labute approximate surface area is 143 Å². The number of amides is 2. The van der Waals surface area contributed by atoms with Crippen LogP contribution in [-0.2, 0) is 14.3 Å². The first-order chi connectivity index (χ1) is 10.4. The Balaban J connectivity index is 2.39. The molecule has 0 bridgehead atoms. The quantitative estimate of drug-likeness (QED) is 0.519. The molecule has 0 saturated carbocycles. The van der Waals surface area contributed by atoms with Crippen LogP contribution in [0.3, 0.4) is 0 Å². The first kappa shape index (κ1) is 18.4. The fourth-order valence-electron chi connectivity index (χ4n) is 1.58. The first-order valence-electron chi connectivity index (χ1n) is 6.93. The van der Waals surface area contributed by atoms with E-state index >= 15 is 0 Å². The van der Waals surface area contributed by atoms with Gasteiger partial charge in [-0.25, -0.2) is 4.79 Å². The van der Waals surface area contributed by atoms with E-state index in [-0.39, 0.29) is 5.91 Å². The minimum Gasteiger partial charge on any atom is -0.452 e. The summed E-state index contributed by atoms with van der Waals surface area (Å²) in [6.07, 6.45) is 0.819. The fourth-order valence-corrected chi connectivity index (χ4v) is 2.12. The highest BCUT2D eigenvalue weighted by molar-refractivity contribution is 14.1. The molecule has 0 unspecified atom stereocenters. The summed E-state index contributed by atoms with van der Waals surface area (Å²) in [5.74, 6) is -1.35. The van der Waals surface area contributed by atoms with Gasteiger partial charge in [0.1, 0.15) is 6.04 Å². The number of hydrogen-bond acceptors (Lipinski definition) is 4. The van der Waals surface area contributed by atoms with Crippen molar-refractivity contribution >= 4 is 40.4 Å². The third kappa shape index (κ3) is 6.42. The number of benzene rings is 1. The zero-order valence-electron chi connectivity index (χ0n) is 12.5. The SMILES string of the molecule is CCCNC(=O)[C@H](C)NC(=O)COC(=O)c1cccc(I)c1. The standard InChI is InChI=1S/C15H19IN2O4/c1-3-7-17-14(20)10(2)18-13(19)9-22-15(21)11-5-4-6-12(16)8-11/h4-6,8,10H,3,7,9H2,1-2H3,(H,17,20)(H,18,19)/t10-/m0/s1. The van der Waals surface area contributed by atoms with Crippen molar-refractivity contribution in [2.75, 3.05) is 13.2 Å². The Hall–Kier alpha value is -1.64. The molecule has 0 aliphatic rings. The molecule has 0 heterocycles. The van der Waals surface area contributed by atoms with Gasteiger partial charge in [-0.3, -0.25) is 9.59 Å². The summed E-state index contributed by atoms with van der Waals surface area (Å²) in [4.78, 5) is 35.0. The summed E-state index contributed by atoms with van der Waals surface area (Å²) >= 11 is 2.08. The van der Waals surface area contributed by atoms with Crippen molar-refractivity contribution in [1.82, 2.24) is 10.6 Å². The largest absolute Gasteiger partial charge is 0.452 e. The van der Waals surface area contributed by atoms with Crippen LogP contribution in [0.5, 0.6) is 0 Å². The van der Waals surface area contributed by atoms with Crippen LogP contribution >= 0.6 is 22.6 Å². The van der Waals surface area contributed by atoms with E-state index in [1.807, 2.05) is 13.0 Å². The summed E-state index contributed by atoms with van der Waals surface area (Å²) in [6, 6.07) is 6.19. The molecule has 0 aromatic heterocycles. The Bertz CT molecular complexity index is 548. The molecule has 6 nitrogen and oxygen atoms in total. The van der Waals surface area contributed by atoms with Crippen LogP contribution in [0.25, 0.3) is 0 Å². The Kier molecular flexibility index (Phi) is 7.86. The van der Waals surface area contributed by atoms with E-state index in [0.29, 0.717) is 12.1 Å². The lowest BCUT2D eigenvalue weighted by atomic mass is 10.2. The fraction of sp³-hybridized carbons (Fsp3) is 0.400. The van der Waals surface area contributed by atoms with Crippen molar-refractivity contribution in [3.8, 4) is 0 Å². The molecule has 1 atom stereocenters. The molecule has 0 saturated heterocycles. The highest BCUT2D eigenvalue weighted by Gasteiger charge is 2.16. The van der Waals surface area contributed by atoms with Gasteiger partial charge in [0.25, 0.3) is 5.91 Å². The topological polar surface area (TPSA) is 84.5 Å². The number of rotatable bonds is 7. The number of ether oxygens (including phenoxy) is 1. The van der Waals surface area contributed by atoms with Crippen LogP contribution < -0.4 is 10.6 Å². The molecule has 1 aromatic carbocycles. The molecule has 0 aliphatic heterocycles. The van der Waals surface area contributed by atoms with Gasteiger partial charge in [-0.1, -0.05) is 13.0 Å². The molecule has 7 heteroatoms. The Morgan fingerprint density at radius 1 is 1.32 bits per heavy atom. The molecule has 1 aromatic rings. The van der Waals surface area contributed by atoms with E-state index in [9.17, 15) is 14.4 Å². The third-order valence-corrected chi connectivity index (χ3v) is 3.39. The van der Waals surface area contributed by atoms with Gasteiger partial charge < -0.3 is 15.4 Å². The maximum Gasteiger partial charge on any atom is 0.338 e. The van der Waals surface area contributed by atoms with E-state index < -0.39 is 24.5 Å². The molecular formula is C15H19IN2O4. The molecule has 120 valence electrons. The van der Waals surface area contributed by atoms with E-state index in [2.05, 4.69) is 33.2 Å². The third-order valence-electron chi connectivity index (χ3n) is 2.71. The maximum atomic E-state index is 11.8. The van der Waals surface area contributed by atoms with Gasteiger partial charge in [0, 0.05) is 10.1 Å². The van der Waals surface area contributed by atoms with Gasteiger partial charge in [0.2, 0.25) is 5.91 Å². The second-order valence-electron chi connectivity index (χ2n) is 4.67. The smallest absolute Gasteiger partial charge is 0.338 e. The maximum absolute atomic E-state index is 11.8. The van der Waals surface area contributed by atoms with Gasteiger partial charge >= 0.3 is 5.97 Å². The van der Waals surface area contributed by atoms with Crippen LogP contribution in [0.2, 0.25) is 0 Å².